The van der Waals surface area contributed by atoms with E-state index in [1.54, 1.807) is 18.2 Å². The number of Topliss-reactive ketones (excluding diaryl/α,β-unsaturated/α-hetero) is 1. The van der Waals surface area contributed by atoms with Crippen molar-refractivity contribution in [1.29, 1.82) is 0 Å². The molecule has 84 valence electrons. The Morgan fingerprint density at radius 2 is 2.19 bits per heavy atom. The first-order chi connectivity index (χ1) is 7.58. The number of hydrogen-bond donors (Lipinski definition) is 1. The van der Waals surface area contributed by atoms with Crippen molar-refractivity contribution >= 4 is 21.7 Å². The van der Waals surface area contributed by atoms with E-state index in [9.17, 15) is 9.18 Å². The van der Waals surface area contributed by atoms with E-state index in [0.29, 0.717) is 10.9 Å². The minimum absolute atomic E-state index is 0.0934. The smallest absolute Gasteiger partial charge is 0.172 e. The summed E-state index contributed by atoms with van der Waals surface area (Å²) in [6.45, 7) is 0. The Hall–Kier alpha value is -1.00. The Kier molecular flexibility index (Phi) is 3.21. The van der Waals surface area contributed by atoms with Crippen molar-refractivity contribution in [3.63, 3.8) is 0 Å². The summed E-state index contributed by atoms with van der Waals surface area (Å²) in [5, 5.41) is 0. The second-order valence-corrected chi connectivity index (χ2v) is 4.80. The molecule has 2 unspecified atom stereocenters. The molecule has 0 fully saturated rings. The summed E-state index contributed by atoms with van der Waals surface area (Å²) in [5.41, 5.74) is 5.79. The van der Waals surface area contributed by atoms with Crippen LogP contribution in [0.4, 0.5) is 4.39 Å². The van der Waals surface area contributed by atoms with Gasteiger partial charge in [0.1, 0.15) is 5.82 Å². The van der Waals surface area contributed by atoms with E-state index >= 15 is 0 Å². The van der Waals surface area contributed by atoms with Gasteiger partial charge in [-0.25, -0.2) is 4.39 Å². The van der Waals surface area contributed by atoms with Gasteiger partial charge in [-0.3, -0.25) is 4.79 Å². The van der Waals surface area contributed by atoms with E-state index < -0.39 is 5.82 Å². The van der Waals surface area contributed by atoms with Gasteiger partial charge in [0.15, 0.2) is 5.78 Å². The first kappa shape index (κ1) is 11.5. The number of benzene rings is 1. The van der Waals surface area contributed by atoms with Gasteiger partial charge < -0.3 is 5.73 Å². The third-order valence-corrected chi connectivity index (χ3v) is 3.14. The molecule has 1 aliphatic carbocycles. The molecule has 1 aliphatic rings. The van der Waals surface area contributed by atoms with Crippen molar-refractivity contribution in [1.82, 2.24) is 0 Å². The molecule has 16 heavy (non-hydrogen) atoms. The number of hydrogen-bond acceptors (Lipinski definition) is 2. The normalized spacial score (nSPS) is 23.7. The van der Waals surface area contributed by atoms with Crippen molar-refractivity contribution in [3.8, 4) is 0 Å². The molecule has 0 heterocycles. The van der Waals surface area contributed by atoms with E-state index in [1.165, 1.54) is 12.1 Å². The molecule has 0 radical (unpaired) electrons. The minimum Gasteiger partial charge on any atom is -0.324 e. The molecule has 0 aliphatic heterocycles. The van der Waals surface area contributed by atoms with Crippen LogP contribution < -0.4 is 5.73 Å². The van der Waals surface area contributed by atoms with E-state index in [2.05, 4.69) is 15.9 Å². The zero-order chi connectivity index (χ0) is 11.7. The molecule has 1 aromatic carbocycles. The van der Waals surface area contributed by atoms with Crippen molar-refractivity contribution < 1.29 is 9.18 Å². The summed E-state index contributed by atoms with van der Waals surface area (Å²) < 4.78 is 14.2. The predicted molar refractivity (Wildman–Crippen MR) is 63.7 cm³/mol. The quantitative estimate of drug-likeness (QED) is 0.670. The lowest BCUT2D eigenvalue weighted by Crippen LogP contribution is -2.19. The number of rotatable bonds is 2. The molecule has 4 heteroatoms. The Balaban J connectivity index is 2.27. The van der Waals surface area contributed by atoms with Gasteiger partial charge in [-0.15, -0.1) is 0 Å². The van der Waals surface area contributed by atoms with Crippen LogP contribution in [0.3, 0.4) is 0 Å². The first-order valence-electron chi connectivity index (χ1n) is 5.01. The highest BCUT2D eigenvalue weighted by atomic mass is 79.9. The largest absolute Gasteiger partial charge is 0.324 e. The summed E-state index contributed by atoms with van der Waals surface area (Å²) in [4.78, 5) is 12.0. The fourth-order valence-corrected chi connectivity index (χ4v) is 2.17. The second-order valence-electron chi connectivity index (χ2n) is 3.88. The summed E-state index contributed by atoms with van der Waals surface area (Å²) >= 11 is 3.22. The topological polar surface area (TPSA) is 43.1 Å². The molecular weight excluding hydrogens is 273 g/mol. The molecule has 0 saturated heterocycles. The van der Waals surface area contributed by atoms with E-state index in [1.807, 2.05) is 0 Å². The second kappa shape index (κ2) is 4.47. The number of nitrogens with two attached hydrogens (primary N) is 1. The van der Waals surface area contributed by atoms with Crippen LogP contribution in [0.25, 0.3) is 0 Å². The fourth-order valence-electron chi connectivity index (χ4n) is 1.81. The van der Waals surface area contributed by atoms with E-state index in [4.69, 9.17) is 5.73 Å². The molecule has 0 bridgehead atoms. The zero-order valence-electron chi connectivity index (χ0n) is 8.49. The molecule has 0 amide bonds. The van der Waals surface area contributed by atoms with Gasteiger partial charge in [0, 0.05) is 16.4 Å². The van der Waals surface area contributed by atoms with E-state index in [0.717, 1.165) is 0 Å². The highest BCUT2D eigenvalue weighted by Gasteiger charge is 2.25. The molecule has 0 saturated carbocycles. The average Bonchev–Trinajstić information content (AvgIpc) is 2.67. The van der Waals surface area contributed by atoms with Crippen molar-refractivity contribution in [3.05, 3.63) is 46.2 Å². The minimum atomic E-state index is -0.484. The highest BCUT2D eigenvalue weighted by Crippen LogP contribution is 2.24. The Morgan fingerprint density at radius 1 is 1.44 bits per heavy atom. The monoisotopic (exact) mass is 283 g/mol. The van der Waals surface area contributed by atoms with Gasteiger partial charge in [0.2, 0.25) is 0 Å². The first-order valence-corrected chi connectivity index (χ1v) is 5.80. The highest BCUT2D eigenvalue weighted by molar-refractivity contribution is 9.10. The van der Waals surface area contributed by atoms with Gasteiger partial charge >= 0.3 is 0 Å². The molecule has 2 N–H and O–H groups in total. The maximum atomic E-state index is 13.5. The number of allylic oxidation sites excluding steroid dienone is 1. The van der Waals surface area contributed by atoms with E-state index in [-0.39, 0.29) is 23.3 Å². The molecule has 2 rings (SSSR count). The number of ketones is 1. The third-order valence-electron chi connectivity index (χ3n) is 2.65. The SMILES string of the molecule is NC1C=CC(C(=O)c2cc(Br)ccc2F)C1. The van der Waals surface area contributed by atoms with Crippen LogP contribution in [0.5, 0.6) is 0 Å². The standard InChI is InChI=1S/C12H11BrFNO/c13-8-2-4-11(14)10(6-8)12(16)7-1-3-9(15)5-7/h1-4,6-7,9H,5,15H2. The Morgan fingerprint density at radius 3 is 2.81 bits per heavy atom. The molecular formula is C12H11BrFNO. The maximum Gasteiger partial charge on any atom is 0.172 e. The number of halogens is 2. The average molecular weight is 284 g/mol. The Bertz CT molecular complexity index is 458. The van der Waals surface area contributed by atoms with Crippen LogP contribution in [-0.4, -0.2) is 11.8 Å². The molecule has 2 atom stereocenters. The van der Waals surface area contributed by atoms with Gasteiger partial charge in [0.05, 0.1) is 5.56 Å². The fraction of sp³-hybridized carbons (Fsp3) is 0.250. The summed E-state index contributed by atoms with van der Waals surface area (Å²) in [7, 11) is 0. The van der Waals surface area contributed by atoms with Crippen molar-refractivity contribution in [2.75, 3.05) is 0 Å². The lowest BCUT2D eigenvalue weighted by Gasteiger charge is -2.09. The summed E-state index contributed by atoms with van der Waals surface area (Å²) in [6.07, 6.45) is 4.11. The lowest BCUT2D eigenvalue weighted by molar-refractivity contribution is 0.0939. The maximum absolute atomic E-state index is 13.5. The van der Waals surface area contributed by atoms with Crippen molar-refractivity contribution in [2.45, 2.75) is 12.5 Å². The van der Waals surface area contributed by atoms with Gasteiger partial charge in [0.25, 0.3) is 0 Å². The van der Waals surface area contributed by atoms with Crippen LogP contribution in [0, 0.1) is 11.7 Å². The lowest BCUT2D eigenvalue weighted by atomic mass is 9.96. The number of carbonyl (C=O) groups is 1. The van der Waals surface area contributed by atoms with Gasteiger partial charge in [-0.05, 0) is 24.6 Å². The summed E-state index contributed by atoms with van der Waals surface area (Å²) in [5.74, 6) is -0.983. The van der Waals surface area contributed by atoms with Gasteiger partial charge in [-0.1, -0.05) is 28.1 Å². The van der Waals surface area contributed by atoms with Crippen LogP contribution >= 0.6 is 15.9 Å². The van der Waals surface area contributed by atoms with Crippen LogP contribution in [-0.2, 0) is 0 Å². The van der Waals surface area contributed by atoms with Crippen LogP contribution in [0.1, 0.15) is 16.8 Å². The van der Waals surface area contributed by atoms with Crippen molar-refractivity contribution in [2.24, 2.45) is 11.7 Å². The molecule has 0 aromatic heterocycles. The van der Waals surface area contributed by atoms with Gasteiger partial charge in [-0.2, -0.15) is 0 Å². The van der Waals surface area contributed by atoms with Crippen LogP contribution in [0.15, 0.2) is 34.8 Å². The third kappa shape index (κ3) is 2.23. The Labute approximate surface area is 101 Å². The number of carbonyl (C=O) groups excluding carboxylic acids is 1. The molecule has 0 spiro atoms. The zero-order valence-corrected chi connectivity index (χ0v) is 10.1. The molecule has 2 nitrogen and oxygen atoms in total. The van der Waals surface area contributed by atoms with Crippen LogP contribution in [0.2, 0.25) is 0 Å². The predicted octanol–water partition coefficient (Wildman–Crippen LogP) is 2.67. The molecule has 1 aromatic rings. The summed E-state index contributed by atoms with van der Waals surface area (Å²) in [6, 6.07) is 4.28.